The molecular formula is C17H22N4O3. The predicted molar refractivity (Wildman–Crippen MR) is 88.3 cm³/mol. The third-order valence-electron chi connectivity index (χ3n) is 4.90. The van der Waals surface area contributed by atoms with Crippen LogP contribution in [-0.4, -0.2) is 51.2 Å². The Kier molecular flexibility index (Phi) is 4.78. The molecule has 1 aliphatic carbocycles. The fourth-order valence-corrected chi connectivity index (χ4v) is 3.43. The van der Waals surface area contributed by atoms with Crippen LogP contribution in [0, 0.1) is 5.41 Å². The van der Waals surface area contributed by atoms with Crippen LogP contribution in [0.2, 0.25) is 0 Å². The molecule has 0 radical (unpaired) electrons. The summed E-state index contributed by atoms with van der Waals surface area (Å²) in [5, 5.41) is 20.8. The van der Waals surface area contributed by atoms with Gasteiger partial charge >= 0.3 is 5.97 Å². The molecule has 0 aromatic carbocycles. The van der Waals surface area contributed by atoms with E-state index in [0.717, 1.165) is 18.7 Å². The van der Waals surface area contributed by atoms with Crippen molar-refractivity contribution < 1.29 is 14.7 Å². The second-order valence-corrected chi connectivity index (χ2v) is 6.42. The zero-order valence-electron chi connectivity index (χ0n) is 13.5. The highest BCUT2D eigenvalue weighted by molar-refractivity contribution is 6.02. The first-order chi connectivity index (χ1) is 11.6. The fourth-order valence-electron chi connectivity index (χ4n) is 3.43. The van der Waals surface area contributed by atoms with E-state index in [1.807, 2.05) is 24.3 Å². The molecule has 0 bridgehead atoms. The molecule has 1 aromatic heterocycles. The lowest BCUT2D eigenvalue weighted by molar-refractivity contribution is -0.162. The molecule has 2 heterocycles. The van der Waals surface area contributed by atoms with E-state index in [2.05, 4.69) is 15.5 Å². The molecule has 0 spiro atoms. The molecule has 7 heteroatoms. The molecule has 1 aliphatic heterocycles. The van der Waals surface area contributed by atoms with Crippen molar-refractivity contribution in [2.45, 2.75) is 38.1 Å². The van der Waals surface area contributed by atoms with Gasteiger partial charge in [-0.05, 0) is 44.2 Å². The standard InChI is InChI=1S/C17H22N4O3/c22-15(17(16(23)24)8-2-1-3-9-17)21-11-6-13(7-12-21)19-14-5-4-10-18-20-14/h1-2,4-5,10,13H,3,6-9,11-12H2,(H,19,20)(H,23,24). The summed E-state index contributed by atoms with van der Waals surface area (Å²) < 4.78 is 0. The number of carbonyl (C=O) groups excluding carboxylic acids is 1. The molecule has 2 N–H and O–H groups in total. The quantitative estimate of drug-likeness (QED) is 0.644. The highest BCUT2D eigenvalue weighted by Crippen LogP contribution is 2.36. The number of aromatic nitrogens is 2. The third-order valence-corrected chi connectivity index (χ3v) is 4.90. The Balaban J connectivity index is 1.60. The molecule has 128 valence electrons. The van der Waals surface area contributed by atoms with Gasteiger partial charge in [-0.1, -0.05) is 12.2 Å². The van der Waals surface area contributed by atoms with Gasteiger partial charge in [-0.2, -0.15) is 5.10 Å². The second-order valence-electron chi connectivity index (χ2n) is 6.42. The molecular weight excluding hydrogens is 308 g/mol. The van der Waals surface area contributed by atoms with Crippen molar-refractivity contribution in [1.29, 1.82) is 0 Å². The number of hydrogen-bond acceptors (Lipinski definition) is 5. The van der Waals surface area contributed by atoms with Crippen LogP contribution < -0.4 is 5.32 Å². The Labute approximate surface area is 140 Å². The summed E-state index contributed by atoms with van der Waals surface area (Å²) >= 11 is 0. The van der Waals surface area contributed by atoms with Crippen LogP contribution >= 0.6 is 0 Å². The minimum absolute atomic E-state index is 0.220. The van der Waals surface area contributed by atoms with Crippen LogP contribution in [-0.2, 0) is 9.59 Å². The first-order valence-electron chi connectivity index (χ1n) is 8.34. The molecule has 24 heavy (non-hydrogen) atoms. The number of carbonyl (C=O) groups is 2. The summed E-state index contributed by atoms with van der Waals surface area (Å²) in [4.78, 5) is 26.3. The van der Waals surface area contributed by atoms with E-state index in [9.17, 15) is 14.7 Å². The third kappa shape index (κ3) is 3.25. The van der Waals surface area contributed by atoms with Gasteiger partial charge in [0.1, 0.15) is 11.2 Å². The highest BCUT2D eigenvalue weighted by atomic mass is 16.4. The van der Waals surface area contributed by atoms with E-state index in [0.29, 0.717) is 32.4 Å². The Bertz CT molecular complexity index is 626. The molecule has 0 saturated carbocycles. The molecule has 1 saturated heterocycles. The number of hydrogen-bond donors (Lipinski definition) is 2. The minimum Gasteiger partial charge on any atom is -0.480 e. The van der Waals surface area contributed by atoms with E-state index in [-0.39, 0.29) is 11.9 Å². The summed E-state index contributed by atoms with van der Waals surface area (Å²) in [7, 11) is 0. The van der Waals surface area contributed by atoms with E-state index in [1.165, 1.54) is 0 Å². The average Bonchev–Trinajstić information content (AvgIpc) is 2.63. The lowest BCUT2D eigenvalue weighted by Crippen LogP contribution is -2.52. The molecule has 1 fully saturated rings. The van der Waals surface area contributed by atoms with E-state index < -0.39 is 11.4 Å². The number of allylic oxidation sites excluding steroid dienone is 2. The summed E-state index contributed by atoms with van der Waals surface area (Å²) in [5.74, 6) is -0.518. The van der Waals surface area contributed by atoms with Gasteiger partial charge in [-0.25, -0.2) is 0 Å². The van der Waals surface area contributed by atoms with Gasteiger partial charge in [0.15, 0.2) is 0 Å². The number of rotatable bonds is 4. The Hall–Kier alpha value is -2.44. The lowest BCUT2D eigenvalue weighted by Gasteiger charge is -2.38. The normalized spacial score (nSPS) is 24.6. The molecule has 1 atom stereocenters. The monoisotopic (exact) mass is 330 g/mol. The first-order valence-corrected chi connectivity index (χ1v) is 8.34. The van der Waals surface area contributed by atoms with Crippen molar-refractivity contribution in [3.8, 4) is 0 Å². The summed E-state index contributed by atoms with van der Waals surface area (Å²) in [6, 6.07) is 3.90. The Morgan fingerprint density at radius 3 is 2.67 bits per heavy atom. The van der Waals surface area contributed by atoms with Crippen LogP contribution in [0.25, 0.3) is 0 Å². The summed E-state index contributed by atoms with van der Waals surface area (Å²) in [5.41, 5.74) is -1.28. The minimum atomic E-state index is -1.28. The maximum absolute atomic E-state index is 12.9. The van der Waals surface area contributed by atoms with Gasteiger partial charge in [0.05, 0.1) is 0 Å². The number of nitrogens with one attached hydrogen (secondary N) is 1. The summed E-state index contributed by atoms with van der Waals surface area (Å²) in [6.07, 6.45) is 8.25. The molecule has 1 aromatic rings. The van der Waals surface area contributed by atoms with Gasteiger partial charge < -0.3 is 15.3 Å². The van der Waals surface area contributed by atoms with Crippen LogP contribution in [0.5, 0.6) is 0 Å². The van der Waals surface area contributed by atoms with Crippen molar-refractivity contribution in [3.05, 3.63) is 30.5 Å². The number of piperidine rings is 1. The van der Waals surface area contributed by atoms with Crippen LogP contribution in [0.1, 0.15) is 32.1 Å². The average molecular weight is 330 g/mol. The van der Waals surface area contributed by atoms with Crippen molar-refractivity contribution in [2.75, 3.05) is 18.4 Å². The molecule has 2 aliphatic rings. The number of nitrogens with zero attached hydrogens (tertiary/aromatic N) is 3. The fraction of sp³-hybridized carbons (Fsp3) is 0.529. The highest BCUT2D eigenvalue weighted by Gasteiger charge is 2.48. The first kappa shape index (κ1) is 16.4. The Morgan fingerprint density at radius 1 is 1.29 bits per heavy atom. The number of carboxylic acid groups (broad SMARTS) is 1. The van der Waals surface area contributed by atoms with Gasteiger partial charge in [-0.15, -0.1) is 5.10 Å². The Morgan fingerprint density at radius 2 is 2.08 bits per heavy atom. The van der Waals surface area contributed by atoms with Gasteiger partial charge in [0.25, 0.3) is 0 Å². The van der Waals surface area contributed by atoms with Gasteiger partial charge in [-0.3, -0.25) is 9.59 Å². The number of carboxylic acids is 1. The maximum Gasteiger partial charge on any atom is 0.319 e. The van der Waals surface area contributed by atoms with E-state index in [1.54, 1.807) is 11.1 Å². The van der Waals surface area contributed by atoms with E-state index in [4.69, 9.17) is 0 Å². The van der Waals surface area contributed by atoms with Crippen molar-refractivity contribution >= 4 is 17.7 Å². The number of amides is 1. The van der Waals surface area contributed by atoms with Crippen LogP contribution in [0.15, 0.2) is 30.5 Å². The number of aliphatic carboxylic acids is 1. The summed E-state index contributed by atoms with van der Waals surface area (Å²) in [6.45, 7) is 1.13. The number of anilines is 1. The zero-order valence-corrected chi connectivity index (χ0v) is 13.5. The molecule has 3 rings (SSSR count). The molecule has 7 nitrogen and oxygen atoms in total. The zero-order chi connectivity index (χ0) is 17.0. The maximum atomic E-state index is 12.9. The van der Waals surface area contributed by atoms with Crippen LogP contribution in [0.4, 0.5) is 5.82 Å². The molecule has 1 amide bonds. The van der Waals surface area contributed by atoms with Crippen LogP contribution in [0.3, 0.4) is 0 Å². The van der Waals surface area contributed by atoms with Crippen molar-refractivity contribution in [1.82, 2.24) is 15.1 Å². The van der Waals surface area contributed by atoms with E-state index >= 15 is 0 Å². The largest absolute Gasteiger partial charge is 0.480 e. The smallest absolute Gasteiger partial charge is 0.319 e. The van der Waals surface area contributed by atoms with Crippen molar-refractivity contribution in [2.24, 2.45) is 5.41 Å². The predicted octanol–water partition coefficient (Wildman–Crippen LogP) is 1.69. The topological polar surface area (TPSA) is 95.4 Å². The SMILES string of the molecule is O=C(O)C1(C(=O)N2CCC(Nc3cccnn3)CC2)CC=CCC1. The number of likely N-dealkylation sites (tertiary alicyclic amines) is 1. The lowest BCUT2D eigenvalue weighted by atomic mass is 9.75. The second kappa shape index (κ2) is 6.98. The molecule has 1 unspecified atom stereocenters. The van der Waals surface area contributed by atoms with Gasteiger partial charge in [0.2, 0.25) is 5.91 Å². The van der Waals surface area contributed by atoms with Crippen molar-refractivity contribution in [3.63, 3.8) is 0 Å². The van der Waals surface area contributed by atoms with Gasteiger partial charge in [0, 0.05) is 25.3 Å².